The predicted molar refractivity (Wildman–Crippen MR) is 163 cm³/mol. The van der Waals surface area contributed by atoms with Crippen molar-refractivity contribution in [3.63, 3.8) is 0 Å². The van der Waals surface area contributed by atoms with Gasteiger partial charge in [-0.3, -0.25) is 4.79 Å². The van der Waals surface area contributed by atoms with Crippen molar-refractivity contribution in [3.8, 4) is 33.5 Å². The molecule has 4 rings (SSSR count). The lowest BCUT2D eigenvalue weighted by atomic mass is 9.99. The number of nitriles is 1. The lowest BCUT2D eigenvalue weighted by Gasteiger charge is -2.22. The van der Waals surface area contributed by atoms with Crippen LogP contribution in [0.2, 0.25) is 5.02 Å². The van der Waals surface area contributed by atoms with Gasteiger partial charge in [0.1, 0.15) is 34.3 Å². The van der Waals surface area contributed by atoms with Gasteiger partial charge in [0.05, 0.1) is 31.0 Å². The van der Waals surface area contributed by atoms with Crippen LogP contribution in [0, 0.1) is 17.9 Å². The molecule has 0 atom stereocenters. The Labute approximate surface area is 251 Å². The summed E-state index contributed by atoms with van der Waals surface area (Å²) >= 11 is 8.87. The van der Waals surface area contributed by atoms with Gasteiger partial charge in [0.2, 0.25) is 11.6 Å². The van der Waals surface area contributed by atoms with E-state index in [0.717, 1.165) is 16.3 Å². The largest absolute Gasteiger partial charge is 0.491 e. The lowest BCUT2D eigenvalue weighted by molar-refractivity contribution is -0.119. The fraction of sp³-hybridized carbons (Fsp3) is 0.207. The smallest absolute Gasteiger partial charge is 0.239 e. The Morgan fingerprint density at radius 1 is 1.22 bits per heavy atom. The number of benzene rings is 2. The standard InChI is InChI=1S/C29H25ClN6O3S2/c1-32-24(38)15-36(3)27-26(33-2)25(18-6-10-22(11-7-18)39-13-12-37)23(14-31)29(35-27)41-17-21-16-40-28(34-21)19-4-8-20(30)9-5-19/h4-11,16,37H,12-13,15,17H2,1,3H3,(H,32,38). The van der Waals surface area contributed by atoms with Gasteiger partial charge in [-0.2, -0.15) is 5.26 Å². The minimum atomic E-state index is -0.243. The van der Waals surface area contributed by atoms with E-state index in [1.807, 2.05) is 29.6 Å². The van der Waals surface area contributed by atoms with E-state index in [4.69, 9.17) is 38.0 Å². The average Bonchev–Trinajstić information content (AvgIpc) is 3.47. The number of likely N-dealkylation sites (N-methyl/N-ethyl adjacent to an activating group) is 2. The Hall–Kier alpha value is -4.13. The Kier molecular flexibility index (Phi) is 10.2. The number of thiazole rings is 1. The number of aromatic nitrogens is 2. The van der Waals surface area contributed by atoms with E-state index in [0.29, 0.717) is 38.5 Å². The Bertz CT molecular complexity index is 1610. The van der Waals surface area contributed by atoms with Crippen LogP contribution in [0.3, 0.4) is 0 Å². The van der Waals surface area contributed by atoms with Crippen LogP contribution in [-0.4, -0.2) is 54.8 Å². The SMILES string of the molecule is [C-]#[N+]c1c(N(C)CC(=O)NC)nc(SCc2csc(-c3ccc(Cl)cc3)n2)c(C#N)c1-c1ccc(OCCO)cc1. The van der Waals surface area contributed by atoms with Gasteiger partial charge >= 0.3 is 0 Å². The summed E-state index contributed by atoms with van der Waals surface area (Å²) in [5, 5.41) is 25.8. The number of rotatable bonds is 11. The van der Waals surface area contributed by atoms with Crippen LogP contribution >= 0.6 is 34.7 Å². The molecular formula is C29H25ClN6O3S2. The first-order valence-corrected chi connectivity index (χ1v) is 14.6. The molecular weight excluding hydrogens is 580 g/mol. The number of hydrogen-bond donors (Lipinski definition) is 2. The molecule has 0 aliphatic heterocycles. The summed E-state index contributed by atoms with van der Waals surface area (Å²) in [6.45, 7) is 7.99. The molecule has 41 heavy (non-hydrogen) atoms. The first-order valence-electron chi connectivity index (χ1n) is 12.3. The summed E-state index contributed by atoms with van der Waals surface area (Å²) in [6, 6.07) is 16.7. The summed E-state index contributed by atoms with van der Waals surface area (Å²) < 4.78 is 5.47. The summed E-state index contributed by atoms with van der Waals surface area (Å²) in [7, 11) is 3.22. The minimum Gasteiger partial charge on any atom is -0.491 e. The number of hydrogen-bond acceptors (Lipinski definition) is 9. The number of aliphatic hydroxyl groups excluding tert-OH is 1. The van der Waals surface area contributed by atoms with Crippen LogP contribution in [0.5, 0.6) is 5.75 Å². The molecule has 208 valence electrons. The highest BCUT2D eigenvalue weighted by molar-refractivity contribution is 7.98. The maximum absolute atomic E-state index is 12.2. The van der Waals surface area contributed by atoms with Crippen LogP contribution in [0.4, 0.5) is 11.5 Å². The monoisotopic (exact) mass is 604 g/mol. The van der Waals surface area contributed by atoms with Crippen molar-refractivity contribution in [2.45, 2.75) is 10.8 Å². The molecule has 0 bridgehead atoms. The molecule has 2 heterocycles. The third-order valence-electron chi connectivity index (χ3n) is 5.87. The topological polar surface area (TPSA) is 116 Å². The number of ether oxygens (including phenoxy) is 1. The van der Waals surface area contributed by atoms with Crippen molar-refractivity contribution in [2.24, 2.45) is 0 Å². The molecule has 0 radical (unpaired) electrons. The summed E-state index contributed by atoms with van der Waals surface area (Å²) in [5.41, 5.74) is 3.25. The van der Waals surface area contributed by atoms with Gasteiger partial charge in [-0.25, -0.2) is 14.8 Å². The third-order valence-corrected chi connectivity index (χ3v) is 8.07. The van der Waals surface area contributed by atoms with Gasteiger partial charge in [0.25, 0.3) is 0 Å². The first-order chi connectivity index (χ1) is 19.9. The molecule has 0 aliphatic carbocycles. The number of carbonyl (C=O) groups excluding carboxylic acids is 1. The number of halogens is 1. The highest BCUT2D eigenvalue weighted by Gasteiger charge is 2.25. The molecule has 2 aromatic carbocycles. The van der Waals surface area contributed by atoms with E-state index >= 15 is 0 Å². The quantitative estimate of drug-likeness (QED) is 0.163. The molecule has 0 saturated carbocycles. The maximum atomic E-state index is 12.2. The second-order valence-electron chi connectivity index (χ2n) is 8.63. The molecule has 1 amide bonds. The summed E-state index contributed by atoms with van der Waals surface area (Å²) in [4.78, 5) is 27.0. The van der Waals surface area contributed by atoms with Gasteiger partial charge in [-0.1, -0.05) is 47.6 Å². The highest BCUT2D eigenvalue weighted by atomic mass is 35.5. The Balaban J connectivity index is 1.74. The van der Waals surface area contributed by atoms with Crippen molar-refractivity contribution in [2.75, 3.05) is 38.8 Å². The lowest BCUT2D eigenvalue weighted by Crippen LogP contribution is -2.33. The number of nitrogens with one attached hydrogen (secondary N) is 1. The van der Waals surface area contributed by atoms with Crippen molar-refractivity contribution < 1.29 is 14.6 Å². The fourth-order valence-corrected chi connectivity index (χ4v) is 5.83. The molecule has 0 aliphatic rings. The highest BCUT2D eigenvalue weighted by Crippen LogP contribution is 2.44. The number of carbonyl (C=O) groups is 1. The van der Waals surface area contributed by atoms with E-state index < -0.39 is 0 Å². The van der Waals surface area contributed by atoms with Crippen molar-refractivity contribution in [3.05, 3.63) is 81.6 Å². The van der Waals surface area contributed by atoms with Gasteiger partial charge in [0, 0.05) is 41.4 Å². The second kappa shape index (κ2) is 14.0. The Morgan fingerprint density at radius 3 is 2.56 bits per heavy atom. The zero-order valence-electron chi connectivity index (χ0n) is 22.2. The number of anilines is 1. The molecule has 4 aromatic rings. The minimum absolute atomic E-state index is 0.0219. The summed E-state index contributed by atoms with van der Waals surface area (Å²) in [6.07, 6.45) is 0. The maximum Gasteiger partial charge on any atom is 0.239 e. The fourth-order valence-electron chi connectivity index (χ4n) is 3.89. The van der Waals surface area contributed by atoms with E-state index in [9.17, 15) is 10.1 Å². The number of nitrogens with zero attached hydrogens (tertiary/aromatic N) is 5. The van der Waals surface area contributed by atoms with E-state index in [-0.39, 0.29) is 36.9 Å². The molecule has 12 heteroatoms. The molecule has 9 nitrogen and oxygen atoms in total. The van der Waals surface area contributed by atoms with Gasteiger partial charge in [0.15, 0.2) is 0 Å². The molecule has 0 spiro atoms. The molecule has 0 saturated heterocycles. The van der Waals surface area contributed by atoms with Crippen LogP contribution in [0.15, 0.2) is 58.9 Å². The number of amides is 1. The zero-order chi connectivity index (χ0) is 29.4. The van der Waals surface area contributed by atoms with Crippen molar-refractivity contribution in [1.82, 2.24) is 15.3 Å². The number of pyridine rings is 1. The van der Waals surface area contributed by atoms with Crippen molar-refractivity contribution >= 4 is 52.1 Å². The molecule has 2 aromatic heterocycles. The predicted octanol–water partition coefficient (Wildman–Crippen LogP) is 5.79. The van der Waals surface area contributed by atoms with Crippen LogP contribution in [-0.2, 0) is 10.5 Å². The van der Waals surface area contributed by atoms with Gasteiger partial charge in [-0.05, 0) is 29.8 Å². The van der Waals surface area contributed by atoms with Gasteiger partial charge < -0.3 is 20.1 Å². The molecule has 2 N–H and O–H groups in total. The van der Waals surface area contributed by atoms with E-state index in [1.165, 1.54) is 30.1 Å². The summed E-state index contributed by atoms with van der Waals surface area (Å²) in [5.74, 6) is 1.04. The zero-order valence-corrected chi connectivity index (χ0v) is 24.6. The van der Waals surface area contributed by atoms with Crippen LogP contribution < -0.4 is 15.0 Å². The molecule has 0 fully saturated rings. The van der Waals surface area contributed by atoms with Crippen LogP contribution in [0.25, 0.3) is 26.5 Å². The van der Waals surface area contributed by atoms with E-state index in [1.54, 1.807) is 36.2 Å². The number of aliphatic hydroxyl groups is 1. The number of thioether (sulfide) groups is 1. The molecule has 0 unspecified atom stereocenters. The second-order valence-corrected chi connectivity index (χ2v) is 10.9. The van der Waals surface area contributed by atoms with Crippen molar-refractivity contribution in [1.29, 1.82) is 5.26 Å². The normalized spacial score (nSPS) is 10.5. The van der Waals surface area contributed by atoms with Gasteiger partial charge in [-0.15, -0.1) is 11.3 Å². The Morgan fingerprint density at radius 2 is 1.93 bits per heavy atom. The average molecular weight is 605 g/mol. The third kappa shape index (κ3) is 7.15. The van der Waals surface area contributed by atoms with E-state index in [2.05, 4.69) is 16.2 Å². The first kappa shape index (κ1) is 29.8. The van der Waals surface area contributed by atoms with Crippen LogP contribution in [0.1, 0.15) is 11.3 Å².